The van der Waals surface area contributed by atoms with Crippen LogP contribution in [0, 0.1) is 0 Å². The number of benzene rings is 1. The number of rotatable bonds is 4. The summed E-state index contributed by atoms with van der Waals surface area (Å²) >= 11 is 5.17. The Morgan fingerprint density at radius 1 is 1.35 bits per heavy atom. The Morgan fingerprint density at radius 2 is 2.10 bits per heavy atom. The molecule has 2 N–H and O–H groups in total. The van der Waals surface area contributed by atoms with Gasteiger partial charge in [-0.15, -0.1) is 0 Å². The van der Waals surface area contributed by atoms with E-state index in [-0.39, 0.29) is 0 Å². The predicted octanol–water partition coefficient (Wildman–Crippen LogP) is 2.24. The lowest BCUT2D eigenvalue weighted by Crippen LogP contribution is -2.39. The largest absolute Gasteiger partial charge is 0.389 e. The number of likely N-dealkylation sites (N-methyl/N-ethyl adjacent to an activating group) is 1. The standard InChI is InChI=1S/C16H25N3S/c1-3-14-12-18(2)9-6-10-19(14)11-13-7-4-5-8-15(13)16(17)20/h4-5,7-8,14H,3,6,9-12H2,1-2H3,(H2,17,20). The summed E-state index contributed by atoms with van der Waals surface area (Å²) in [4.78, 5) is 5.52. The first-order valence-electron chi connectivity index (χ1n) is 7.42. The Labute approximate surface area is 127 Å². The van der Waals surface area contributed by atoms with Crippen molar-refractivity contribution in [3.63, 3.8) is 0 Å². The monoisotopic (exact) mass is 291 g/mol. The minimum absolute atomic E-state index is 0.501. The van der Waals surface area contributed by atoms with Crippen molar-refractivity contribution in [2.75, 3.05) is 26.7 Å². The SMILES string of the molecule is CCC1CN(C)CCCN1Cc1ccccc1C(N)=S. The maximum atomic E-state index is 5.84. The second-order valence-electron chi connectivity index (χ2n) is 5.67. The lowest BCUT2D eigenvalue weighted by molar-refractivity contribution is 0.176. The highest BCUT2D eigenvalue weighted by Crippen LogP contribution is 2.18. The van der Waals surface area contributed by atoms with E-state index in [4.69, 9.17) is 18.0 Å². The first-order chi connectivity index (χ1) is 9.61. The van der Waals surface area contributed by atoms with Crippen LogP contribution in [0.3, 0.4) is 0 Å². The third kappa shape index (κ3) is 3.78. The molecule has 0 aliphatic carbocycles. The summed E-state index contributed by atoms with van der Waals surface area (Å²) in [6.07, 6.45) is 2.40. The molecule has 0 spiro atoms. The van der Waals surface area contributed by atoms with Crippen molar-refractivity contribution < 1.29 is 0 Å². The van der Waals surface area contributed by atoms with Crippen LogP contribution in [0.1, 0.15) is 30.9 Å². The Balaban J connectivity index is 2.17. The lowest BCUT2D eigenvalue weighted by Gasteiger charge is -2.30. The van der Waals surface area contributed by atoms with Gasteiger partial charge in [-0.05, 0) is 32.0 Å². The van der Waals surface area contributed by atoms with Gasteiger partial charge in [0.2, 0.25) is 0 Å². The van der Waals surface area contributed by atoms with Gasteiger partial charge < -0.3 is 10.6 Å². The Morgan fingerprint density at radius 3 is 2.80 bits per heavy atom. The summed E-state index contributed by atoms with van der Waals surface area (Å²) in [7, 11) is 2.22. The second-order valence-corrected chi connectivity index (χ2v) is 6.11. The van der Waals surface area contributed by atoms with E-state index in [0.717, 1.165) is 25.2 Å². The summed E-state index contributed by atoms with van der Waals surface area (Å²) in [6, 6.07) is 8.87. The highest BCUT2D eigenvalue weighted by Gasteiger charge is 2.22. The molecule has 1 atom stereocenters. The normalized spacial score (nSPS) is 21.6. The van der Waals surface area contributed by atoms with Crippen LogP contribution in [0.2, 0.25) is 0 Å². The van der Waals surface area contributed by atoms with Crippen LogP contribution in [0.25, 0.3) is 0 Å². The van der Waals surface area contributed by atoms with Crippen molar-refractivity contribution in [2.45, 2.75) is 32.4 Å². The smallest absolute Gasteiger partial charge is 0.104 e. The Kier molecular flexibility index (Phi) is 5.52. The highest BCUT2D eigenvalue weighted by molar-refractivity contribution is 7.80. The molecule has 0 saturated carbocycles. The van der Waals surface area contributed by atoms with E-state index in [1.165, 1.54) is 24.9 Å². The van der Waals surface area contributed by atoms with Crippen LogP contribution < -0.4 is 5.73 Å². The molecule has 1 saturated heterocycles. The minimum atomic E-state index is 0.501. The van der Waals surface area contributed by atoms with Gasteiger partial charge in [-0.2, -0.15) is 0 Å². The third-order valence-corrected chi connectivity index (χ3v) is 4.37. The van der Waals surface area contributed by atoms with Gasteiger partial charge in [0.15, 0.2) is 0 Å². The molecule has 0 radical (unpaired) electrons. The molecule has 20 heavy (non-hydrogen) atoms. The molecule has 1 aromatic rings. The molecule has 0 bridgehead atoms. The first kappa shape index (κ1) is 15.4. The number of nitrogens with two attached hydrogens (primary N) is 1. The van der Waals surface area contributed by atoms with Gasteiger partial charge >= 0.3 is 0 Å². The molecule has 3 nitrogen and oxygen atoms in total. The van der Waals surface area contributed by atoms with E-state index in [9.17, 15) is 0 Å². The fourth-order valence-corrected chi connectivity index (χ4v) is 3.20. The van der Waals surface area contributed by atoms with Crippen molar-refractivity contribution in [1.82, 2.24) is 9.80 Å². The summed E-state index contributed by atoms with van der Waals surface area (Å²) in [5, 5.41) is 0. The van der Waals surface area contributed by atoms with Crippen LogP contribution in [0.15, 0.2) is 24.3 Å². The Hall–Kier alpha value is -0.970. The summed E-state index contributed by atoms with van der Waals surface area (Å²) in [5.41, 5.74) is 8.12. The summed E-state index contributed by atoms with van der Waals surface area (Å²) in [5.74, 6) is 0. The number of hydrogen-bond donors (Lipinski definition) is 1. The van der Waals surface area contributed by atoms with E-state index in [0.29, 0.717) is 11.0 Å². The fraction of sp³-hybridized carbons (Fsp3) is 0.562. The van der Waals surface area contributed by atoms with Gasteiger partial charge in [-0.1, -0.05) is 43.4 Å². The van der Waals surface area contributed by atoms with Gasteiger partial charge in [0.05, 0.1) is 0 Å². The number of hydrogen-bond acceptors (Lipinski definition) is 3. The summed E-state index contributed by atoms with van der Waals surface area (Å²) < 4.78 is 0. The van der Waals surface area contributed by atoms with E-state index in [2.05, 4.69) is 35.9 Å². The molecular weight excluding hydrogens is 266 g/mol. The fourth-order valence-electron chi connectivity index (χ4n) is 3.01. The minimum Gasteiger partial charge on any atom is -0.389 e. The Bertz CT molecular complexity index is 461. The molecule has 1 aliphatic rings. The number of nitrogens with zero attached hydrogens (tertiary/aromatic N) is 2. The van der Waals surface area contributed by atoms with E-state index in [1.54, 1.807) is 0 Å². The quantitative estimate of drug-likeness (QED) is 0.862. The second kappa shape index (κ2) is 7.16. The molecule has 110 valence electrons. The average molecular weight is 291 g/mol. The molecule has 0 aromatic heterocycles. The van der Waals surface area contributed by atoms with Gasteiger partial charge in [-0.3, -0.25) is 4.90 Å². The van der Waals surface area contributed by atoms with Crippen LogP contribution >= 0.6 is 12.2 Å². The van der Waals surface area contributed by atoms with Crippen molar-refractivity contribution in [3.05, 3.63) is 35.4 Å². The molecule has 4 heteroatoms. The van der Waals surface area contributed by atoms with Crippen LogP contribution in [-0.4, -0.2) is 47.5 Å². The molecule has 1 unspecified atom stereocenters. The topological polar surface area (TPSA) is 32.5 Å². The van der Waals surface area contributed by atoms with Gasteiger partial charge in [0, 0.05) is 31.2 Å². The van der Waals surface area contributed by atoms with Crippen molar-refractivity contribution in [1.29, 1.82) is 0 Å². The highest BCUT2D eigenvalue weighted by atomic mass is 32.1. The van der Waals surface area contributed by atoms with Crippen LogP contribution in [0.5, 0.6) is 0 Å². The average Bonchev–Trinajstić information content (AvgIpc) is 2.61. The number of thiocarbonyl (C=S) groups is 1. The third-order valence-electron chi connectivity index (χ3n) is 4.15. The van der Waals surface area contributed by atoms with Crippen LogP contribution in [0.4, 0.5) is 0 Å². The van der Waals surface area contributed by atoms with E-state index in [1.807, 2.05) is 12.1 Å². The van der Waals surface area contributed by atoms with Gasteiger partial charge in [0.25, 0.3) is 0 Å². The predicted molar refractivity (Wildman–Crippen MR) is 88.9 cm³/mol. The van der Waals surface area contributed by atoms with E-state index >= 15 is 0 Å². The van der Waals surface area contributed by atoms with Crippen molar-refractivity contribution in [2.24, 2.45) is 5.73 Å². The van der Waals surface area contributed by atoms with Crippen molar-refractivity contribution >= 4 is 17.2 Å². The maximum absolute atomic E-state index is 5.84. The van der Waals surface area contributed by atoms with E-state index < -0.39 is 0 Å². The first-order valence-corrected chi connectivity index (χ1v) is 7.83. The van der Waals surface area contributed by atoms with Crippen molar-refractivity contribution in [3.8, 4) is 0 Å². The zero-order chi connectivity index (χ0) is 14.5. The molecule has 2 rings (SSSR count). The molecule has 1 heterocycles. The molecule has 0 amide bonds. The molecule has 1 aromatic carbocycles. The molecular formula is C16H25N3S. The van der Waals surface area contributed by atoms with Gasteiger partial charge in [0.1, 0.15) is 4.99 Å². The lowest BCUT2D eigenvalue weighted by atomic mass is 10.1. The molecule has 1 fully saturated rings. The van der Waals surface area contributed by atoms with Gasteiger partial charge in [-0.25, -0.2) is 0 Å². The maximum Gasteiger partial charge on any atom is 0.104 e. The zero-order valence-corrected chi connectivity index (χ0v) is 13.3. The molecule has 1 aliphatic heterocycles. The van der Waals surface area contributed by atoms with Crippen LogP contribution in [-0.2, 0) is 6.54 Å². The zero-order valence-electron chi connectivity index (χ0n) is 12.5. The summed E-state index contributed by atoms with van der Waals surface area (Å²) in [6.45, 7) is 6.69.